The molecule has 0 heterocycles. The van der Waals surface area contributed by atoms with Crippen molar-refractivity contribution in [2.75, 3.05) is 18.5 Å². The van der Waals surface area contributed by atoms with Gasteiger partial charge in [0.1, 0.15) is 24.4 Å². The van der Waals surface area contributed by atoms with E-state index in [9.17, 15) is 9.59 Å². The van der Waals surface area contributed by atoms with Gasteiger partial charge in [-0.05, 0) is 30.7 Å². The molecule has 0 fully saturated rings. The van der Waals surface area contributed by atoms with E-state index in [1.807, 2.05) is 12.1 Å². The first kappa shape index (κ1) is 40.1. The maximum Gasteiger partial charge on any atom is 0.335 e. The summed E-state index contributed by atoms with van der Waals surface area (Å²) < 4.78 is 0. The summed E-state index contributed by atoms with van der Waals surface area (Å²) in [5.74, 6) is -0.872. The molecular formula is C29H51NNaO8. The van der Waals surface area contributed by atoms with Crippen LogP contribution in [0.25, 0.3) is 0 Å². The van der Waals surface area contributed by atoms with Crippen molar-refractivity contribution in [1.82, 2.24) is 0 Å². The van der Waals surface area contributed by atoms with Crippen LogP contribution in [-0.2, 0) is 4.79 Å². The minimum absolute atomic E-state index is 0. The van der Waals surface area contributed by atoms with E-state index in [0.717, 1.165) is 12.2 Å². The number of hydrogen-bond acceptors (Lipinski definition) is 8. The van der Waals surface area contributed by atoms with Crippen molar-refractivity contribution in [3.63, 3.8) is 0 Å². The number of hydrogen-bond donors (Lipinski definition) is 7. The van der Waals surface area contributed by atoms with Crippen LogP contribution in [0.2, 0.25) is 0 Å². The number of benzene rings is 1. The van der Waals surface area contributed by atoms with Crippen molar-refractivity contribution in [3.05, 3.63) is 29.8 Å². The van der Waals surface area contributed by atoms with E-state index in [-0.39, 0.29) is 35.8 Å². The molecule has 0 unspecified atom stereocenters. The molecule has 0 saturated carbocycles. The van der Waals surface area contributed by atoms with E-state index in [2.05, 4.69) is 12.2 Å². The number of nitrogens with one attached hydrogen (secondary N) is 1. The SMILES string of the molecule is CCCCCCCCCCCCCCCCNc1ccc(C(=O)O)cc1.O=C[C@H](O)[C@@H](O)[C@H](O)[C@H](O)CO.[Na]. The van der Waals surface area contributed by atoms with E-state index >= 15 is 0 Å². The quantitative estimate of drug-likeness (QED) is 0.0633. The van der Waals surface area contributed by atoms with Gasteiger partial charge in [-0.3, -0.25) is 0 Å². The number of carboxylic acid groups (broad SMARTS) is 1. The van der Waals surface area contributed by atoms with Gasteiger partial charge in [-0.1, -0.05) is 90.4 Å². The van der Waals surface area contributed by atoms with Gasteiger partial charge in [-0.2, -0.15) is 0 Å². The molecule has 0 amide bonds. The van der Waals surface area contributed by atoms with Crippen molar-refractivity contribution in [2.24, 2.45) is 0 Å². The number of carboxylic acids is 1. The third-order valence-electron chi connectivity index (χ3n) is 6.41. The van der Waals surface area contributed by atoms with E-state index in [0.29, 0.717) is 5.56 Å². The molecular weight excluding hydrogens is 513 g/mol. The number of anilines is 1. The molecule has 0 aliphatic heterocycles. The summed E-state index contributed by atoms with van der Waals surface area (Å²) in [6, 6.07) is 6.98. The van der Waals surface area contributed by atoms with Crippen molar-refractivity contribution < 1.29 is 40.2 Å². The zero-order valence-corrected chi connectivity index (χ0v) is 26.0. The Labute approximate surface area is 256 Å². The second-order valence-corrected chi connectivity index (χ2v) is 9.76. The first-order valence-corrected chi connectivity index (χ1v) is 14.1. The molecule has 0 saturated heterocycles. The Morgan fingerprint density at radius 1 is 0.769 bits per heavy atom. The smallest absolute Gasteiger partial charge is 0.335 e. The molecule has 4 atom stereocenters. The number of unbranched alkanes of at least 4 members (excludes halogenated alkanes) is 13. The number of aromatic carboxylic acids is 1. The molecule has 9 nitrogen and oxygen atoms in total. The molecule has 1 rings (SSSR count). The Hall–Kier alpha value is -1.04. The molecule has 7 N–H and O–H groups in total. The van der Waals surface area contributed by atoms with Crippen LogP contribution in [0.3, 0.4) is 0 Å². The largest absolute Gasteiger partial charge is 0.478 e. The average molecular weight is 565 g/mol. The molecule has 0 aromatic heterocycles. The monoisotopic (exact) mass is 564 g/mol. The third-order valence-corrected chi connectivity index (χ3v) is 6.41. The summed E-state index contributed by atoms with van der Waals surface area (Å²) in [6.07, 6.45) is 12.4. The summed E-state index contributed by atoms with van der Waals surface area (Å²) in [6.45, 7) is 2.48. The summed E-state index contributed by atoms with van der Waals surface area (Å²) in [4.78, 5) is 20.7. The molecule has 39 heavy (non-hydrogen) atoms. The number of rotatable bonds is 22. The van der Waals surface area contributed by atoms with E-state index in [1.54, 1.807) is 12.1 Å². The average Bonchev–Trinajstić information content (AvgIpc) is 2.93. The molecule has 10 heteroatoms. The minimum Gasteiger partial charge on any atom is -0.478 e. The van der Waals surface area contributed by atoms with Gasteiger partial charge in [0.2, 0.25) is 0 Å². The van der Waals surface area contributed by atoms with Gasteiger partial charge in [0.25, 0.3) is 0 Å². The van der Waals surface area contributed by atoms with Gasteiger partial charge >= 0.3 is 5.97 Å². The van der Waals surface area contributed by atoms with Crippen LogP contribution in [0.5, 0.6) is 0 Å². The molecule has 0 bridgehead atoms. The Morgan fingerprint density at radius 3 is 1.59 bits per heavy atom. The van der Waals surface area contributed by atoms with Crippen LogP contribution in [0, 0.1) is 0 Å². The topological polar surface area (TPSA) is 168 Å². The molecule has 221 valence electrons. The maximum absolute atomic E-state index is 10.8. The summed E-state index contributed by atoms with van der Waals surface area (Å²) in [7, 11) is 0. The van der Waals surface area contributed by atoms with Gasteiger partial charge < -0.3 is 40.8 Å². The van der Waals surface area contributed by atoms with Crippen molar-refractivity contribution >= 4 is 47.5 Å². The van der Waals surface area contributed by atoms with Gasteiger partial charge in [0.05, 0.1) is 12.2 Å². The Morgan fingerprint density at radius 2 is 1.21 bits per heavy atom. The second-order valence-electron chi connectivity index (χ2n) is 9.76. The second kappa shape index (κ2) is 27.1. The molecule has 0 aliphatic carbocycles. The van der Waals surface area contributed by atoms with E-state index < -0.39 is 37.0 Å². The van der Waals surface area contributed by atoms with Crippen LogP contribution in [0.4, 0.5) is 5.69 Å². The zero-order chi connectivity index (χ0) is 28.6. The molecule has 1 aromatic rings. The maximum atomic E-state index is 10.8. The first-order chi connectivity index (χ1) is 18.3. The number of aldehydes is 1. The van der Waals surface area contributed by atoms with Crippen LogP contribution in [0.15, 0.2) is 24.3 Å². The van der Waals surface area contributed by atoms with Crippen molar-refractivity contribution in [2.45, 2.75) is 121 Å². The number of aliphatic hydroxyl groups is 5. The van der Waals surface area contributed by atoms with Gasteiger partial charge in [-0.15, -0.1) is 0 Å². The Balaban J connectivity index is 0. The predicted octanol–water partition coefficient (Wildman–Crippen LogP) is 3.52. The molecule has 1 aromatic carbocycles. The predicted molar refractivity (Wildman–Crippen MR) is 155 cm³/mol. The van der Waals surface area contributed by atoms with Crippen LogP contribution < -0.4 is 5.32 Å². The molecule has 0 spiro atoms. The van der Waals surface area contributed by atoms with Crippen molar-refractivity contribution in [1.29, 1.82) is 0 Å². The third kappa shape index (κ3) is 21.4. The fraction of sp³-hybridized carbons (Fsp3) is 0.724. The van der Waals surface area contributed by atoms with Crippen LogP contribution in [0.1, 0.15) is 107 Å². The summed E-state index contributed by atoms with van der Waals surface area (Å²) >= 11 is 0. The number of aliphatic hydroxyl groups excluding tert-OH is 5. The van der Waals surface area contributed by atoms with Gasteiger partial charge in [0.15, 0.2) is 6.29 Å². The van der Waals surface area contributed by atoms with Gasteiger partial charge in [0, 0.05) is 41.8 Å². The summed E-state index contributed by atoms with van der Waals surface area (Å²) in [5, 5.41) is 55.8. The first-order valence-electron chi connectivity index (χ1n) is 14.1. The van der Waals surface area contributed by atoms with Crippen LogP contribution >= 0.6 is 0 Å². The number of carbonyl (C=O) groups excluding carboxylic acids is 1. The van der Waals surface area contributed by atoms with E-state index in [4.69, 9.17) is 30.6 Å². The molecule has 0 aliphatic rings. The number of carbonyl (C=O) groups is 2. The van der Waals surface area contributed by atoms with Crippen LogP contribution in [-0.4, -0.2) is 110 Å². The standard InChI is InChI=1S/C23H39NO2.C6H12O6.Na/c1-2-3-4-5-6-7-8-9-10-11-12-13-14-15-20-24-22-18-16-21(17-19-22)23(25)26;7-1-3(9)5(11)6(12)4(10)2-8;/h16-19,24H,2-15,20H2,1H3,(H,25,26);1,3-6,8-12H,2H2;/t;3-,4+,5+,6+;/m.0./s1. The molecule has 1 radical (unpaired) electrons. The fourth-order valence-electron chi connectivity index (χ4n) is 3.90. The Kier molecular flexibility index (Phi) is 27.9. The van der Waals surface area contributed by atoms with E-state index in [1.165, 1.54) is 89.9 Å². The normalized spacial score (nSPS) is 13.7. The summed E-state index contributed by atoms with van der Waals surface area (Å²) in [5.41, 5.74) is 1.34. The minimum atomic E-state index is -1.79. The van der Waals surface area contributed by atoms with Gasteiger partial charge in [-0.25, -0.2) is 4.79 Å². The van der Waals surface area contributed by atoms with Crippen molar-refractivity contribution in [3.8, 4) is 0 Å². The Bertz CT molecular complexity index is 707. The fourth-order valence-corrected chi connectivity index (χ4v) is 3.90. The zero-order valence-electron chi connectivity index (χ0n) is 24.0.